The van der Waals surface area contributed by atoms with Crippen molar-refractivity contribution in [1.82, 2.24) is 26.1 Å². The van der Waals surface area contributed by atoms with Crippen molar-refractivity contribution in [3.8, 4) is 0 Å². The third-order valence-electron chi connectivity index (χ3n) is 7.20. The van der Waals surface area contributed by atoms with Crippen molar-refractivity contribution in [2.24, 2.45) is 33.0 Å². The number of hydrazone groups is 1. The van der Waals surface area contributed by atoms with Gasteiger partial charge in [0.15, 0.2) is 0 Å². The maximum absolute atomic E-state index is 12.6. The quantitative estimate of drug-likeness (QED) is 0.0215. The molecule has 0 saturated carbocycles. The lowest BCUT2D eigenvalue weighted by atomic mass is 9.71. The molecular formula is C29H55N8O10PS. The molecule has 0 radical (unpaired) electrons. The van der Waals surface area contributed by atoms with Crippen molar-refractivity contribution in [2.75, 3.05) is 25.0 Å². The molecule has 0 aromatic heterocycles. The zero-order valence-corrected chi connectivity index (χ0v) is 31.0. The van der Waals surface area contributed by atoms with Gasteiger partial charge in [-0.1, -0.05) is 41.5 Å². The van der Waals surface area contributed by atoms with Crippen LogP contribution in [0.5, 0.6) is 0 Å². The van der Waals surface area contributed by atoms with E-state index in [1.807, 2.05) is 41.5 Å². The maximum Gasteiger partial charge on any atom is 0.326 e. The molecule has 0 aliphatic rings. The molecule has 2 atom stereocenters. The molecule has 0 aromatic rings. The van der Waals surface area contributed by atoms with Gasteiger partial charge in [0, 0.05) is 32.2 Å². The Kier molecular flexibility index (Phi) is 19.3. The number of hydrogen-bond donors (Lipinski definition) is 9. The van der Waals surface area contributed by atoms with Crippen molar-refractivity contribution >= 4 is 59.7 Å². The van der Waals surface area contributed by atoms with Gasteiger partial charge in [-0.15, -0.1) is 0 Å². The summed E-state index contributed by atoms with van der Waals surface area (Å²) in [5, 5.41) is 28.8. The van der Waals surface area contributed by atoms with E-state index in [4.69, 9.17) is 16.8 Å². The summed E-state index contributed by atoms with van der Waals surface area (Å²) in [4.78, 5) is 70.9. The smallest absolute Gasteiger partial charge is 0.326 e. The van der Waals surface area contributed by atoms with Crippen LogP contribution in [0.15, 0.2) is 5.10 Å². The average molecular weight is 739 g/mol. The third kappa shape index (κ3) is 22.6. The molecule has 0 spiro atoms. The van der Waals surface area contributed by atoms with Crippen LogP contribution in [-0.2, 0) is 34.0 Å². The highest BCUT2D eigenvalue weighted by Gasteiger charge is 2.33. The van der Waals surface area contributed by atoms with E-state index in [-0.39, 0.29) is 58.6 Å². The number of carbonyl (C=O) groups is 6. The first kappa shape index (κ1) is 45.4. The van der Waals surface area contributed by atoms with Crippen LogP contribution in [0.1, 0.15) is 92.9 Å². The van der Waals surface area contributed by atoms with Crippen LogP contribution in [-0.4, -0.2) is 90.8 Å². The van der Waals surface area contributed by atoms with Gasteiger partial charge < -0.3 is 37.4 Å². The Morgan fingerprint density at radius 2 is 1.45 bits per heavy atom. The number of amides is 4. The molecule has 0 aliphatic carbocycles. The van der Waals surface area contributed by atoms with Crippen LogP contribution < -0.4 is 37.8 Å². The van der Waals surface area contributed by atoms with Crippen LogP contribution in [0.4, 0.5) is 4.79 Å². The highest BCUT2D eigenvalue weighted by atomic mass is 32.2. The SMILES string of the molecule is CC(C)(CCPC(=O)N[C@@H](CCC(=O)NCC(=O)O)C(=O)O)CNC(=O)CCCS(=O)(=O)NC(=O)CC(C)(C)CC(C)(C)C/C(=N/N)NN. The molecule has 0 aliphatic heterocycles. The van der Waals surface area contributed by atoms with Gasteiger partial charge in [0.05, 0.1) is 5.75 Å². The third-order valence-corrected chi connectivity index (χ3v) is 9.53. The zero-order chi connectivity index (χ0) is 38.1. The first-order valence-corrected chi connectivity index (χ1v) is 18.6. The van der Waals surface area contributed by atoms with E-state index in [0.29, 0.717) is 31.3 Å². The normalized spacial score (nSPS) is 13.4. The lowest BCUT2D eigenvalue weighted by Gasteiger charge is -2.34. The number of nitrogens with zero attached hydrogens (tertiary/aromatic N) is 1. The predicted octanol–water partition coefficient (Wildman–Crippen LogP) is 0.526. The van der Waals surface area contributed by atoms with Crippen LogP contribution in [0.25, 0.3) is 0 Å². The Morgan fingerprint density at radius 1 is 0.857 bits per heavy atom. The van der Waals surface area contributed by atoms with E-state index in [1.54, 1.807) is 0 Å². The Balaban J connectivity index is 4.58. The van der Waals surface area contributed by atoms with Crippen molar-refractivity contribution in [3.05, 3.63) is 0 Å². The maximum atomic E-state index is 12.6. The molecule has 49 heavy (non-hydrogen) atoms. The number of rotatable bonds is 24. The number of carboxylic acid groups (broad SMARTS) is 2. The van der Waals surface area contributed by atoms with Gasteiger partial charge in [-0.3, -0.25) is 28.7 Å². The van der Waals surface area contributed by atoms with Gasteiger partial charge in [-0.25, -0.2) is 19.1 Å². The fourth-order valence-electron chi connectivity index (χ4n) is 5.16. The lowest BCUT2D eigenvalue weighted by Crippen LogP contribution is -2.40. The summed E-state index contributed by atoms with van der Waals surface area (Å²) in [6.45, 7) is 11.0. The number of nitrogens with two attached hydrogens (primary N) is 2. The molecule has 0 saturated heterocycles. The standard InChI is InChI=1S/C29H55N8O10PS/c1-27(2,11-12-48-26(45)34-19(25(43)44)9-10-22(39)32-16-24(41)42)18-33-21(38)8-7-13-49(46,47)37-23(40)15-29(5,6)17-28(3,4)14-20(35-30)36-31/h19,48H,7-18,30-31H2,1-6H3,(H,32,39)(H,33,38)(H,34,45)(H,35,36)(H,37,40)(H,41,42)(H,43,44)/t19-/m0/s1. The molecule has 18 nitrogen and oxygen atoms in total. The number of amidine groups is 1. The number of carbonyl (C=O) groups excluding carboxylic acids is 4. The fourth-order valence-corrected chi connectivity index (χ4v) is 7.51. The summed E-state index contributed by atoms with van der Waals surface area (Å²) >= 11 is 0. The second kappa shape index (κ2) is 20.8. The Morgan fingerprint density at radius 3 is 2.00 bits per heavy atom. The molecule has 0 aromatic carbocycles. The summed E-state index contributed by atoms with van der Waals surface area (Å²) in [6.07, 6.45) is 1.26. The van der Waals surface area contributed by atoms with E-state index < -0.39 is 68.6 Å². The summed E-state index contributed by atoms with van der Waals surface area (Å²) in [7, 11) is -4.25. The van der Waals surface area contributed by atoms with Crippen molar-refractivity contribution in [2.45, 2.75) is 99.0 Å². The fraction of sp³-hybridized carbons (Fsp3) is 0.759. The minimum atomic E-state index is -3.97. The number of aliphatic carboxylic acids is 2. The lowest BCUT2D eigenvalue weighted by molar-refractivity contribution is -0.140. The van der Waals surface area contributed by atoms with Crippen LogP contribution >= 0.6 is 8.58 Å². The van der Waals surface area contributed by atoms with Crippen molar-refractivity contribution < 1.29 is 47.4 Å². The Hall–Kier alpha value is -3.57. The van der Waals surface area contributed by atoms with Crippen LogP contribution in [0.2, 0.25) is 0 Å². The molecule has 282 valence electrons. The van der Waals surface area contributed by atoms with Gasteiger partial charge in [0.1, 0.15) is 18.4 Å². The van der Waals surface area contributed by atoms with Gasteiger partial charge in [-0.05, 0) is 56.7 Å². The topological polar surface area (TPSA) is 302 Å². The summed E-state index contributed by atoms with van der Waals surface area (Å²) in [5.41, 5.74) is 0.594. The van der Waals surface area contributed by atoms with Crippen molar-refractivity contribution in [3.63, 3.8) is 0 Å². The van der Waals surface area contributed by atoms with E-state index in [0.717, 1.165) is 0 Å². The molecule has 0 rings (SSSR count). The molecule has 4 amide bonds. The largest absolute Gasteiger partial charge is 0.480 e. The van der Waals surface area contributed by atoms with Gasteiger partial charge >= 0.3 is 11.9 Å². The molecular weight excluding hydrogens is 683 g/mol. The number of hydrogen-bond acceptors (Lipinski definition) is 11. The van der Waals surface area contributed by atoms with E-state index in [9.17, 15) is 42.3 Å². The van der Waals surface area contributed by atoms with E-state index in [2.05, 4.69) is 31.2 Å². The molecule has 11 N–H and O–H groups in total. The highest BCUT2D eigenvalue weighted by Crippen LogP contribution is 2.38. The molecule has 0 bridgehead atoms. The monoisotopic (exact) mass is 738 g/mol. The minimum absolute atomic E-state index is 0.00783. The van der Waals surface area contributed by atoms with Gasteiger partial charge in [0.2, 0.25) is 33.4 Å². The first-order chi connectivity index (χ1) is 22.4. The summed E-state index contributed by atoms with van der Waals surface area (Å²) in [6, 6.07) is -1.31. The van der Waals surface area contributed by atoms with Gasteiger partial charge in [-0.2, -0.15) is 5.10 Å². The molecule has 0 heterocycles. The molecule has 0 fully saturated rings. The Labute approximate surface area is 289 Å². The van der Waals surface area contributed by atoms with Crippen LogP contribution in [0.3, 0.4) is 0 Å². The second-order valence-electron chi connectivity index (χ2n) is 14.2. The summed E-state index contributed by atoms with van der Waals surface area (Å²) < 4.78 is 27.1. The Bertz CT molecular complexity index is 1310. The van der Waals surface area contributed by atoms with E-state index >= 15 is 0 Å². The first-order valence-electron chi connectivity index (χ1n) is 15.7. The predicted molar refractivity (Wildman–Crippen MR) is 186 cm³/mol. The minimum Gasteiger partial charge on any atom is -0.480 e. The zero-order valence-electron chi connectivity index (χ0n) is 29.2. The summed E-state index contributed by atoms with van der Waals surface area (Å²) in [5.74, 6) is 6.47. The van der Waals surface area contributed by atoms with Crippen molar-refractivity contribution in [1.29, 1.82) is 0 Å². The highest BCUT2D eigenvalue weighted by molar-refractivity contribution is 7.90. The number of sulfonamides is 1. The number of carboxylic acids is 2. The van der Waals surface area contributed by atoms with Gasteiger partial charge in [0.25, 0.3) is 0 Å². The average Bonchev–Trinajstić information content (AvgIpc) is 2.94. The molecule has 20 heteroatoms. The molecule has 1 unspecified atom stereocenters. The number of nitrogens with one attached hydrogen (secondary N) is 5. The number of hydrazine groups is 1. The van der Waals surface area contributed by atoms with E-state index in [1.165, 1.54) is 0 Å². The second-order valence-corrected chi connectivity index (χ2v) is 17.4. The van der Waals surface area contributed by atoms with Crippen LogP contribution in [0, 0.1) is 16.2 Å².